The maximum absolute atomic E-state index is 5.16. The fourth-order valence-electron chi connectivity index (χ4n) is 0.868. The summed E-state index contributed by atoms with van der Waals surface area (Å²) in [5.74, 6) is 0.631. The molecule has 0 saturated heterocycles. The van der Waals surface area contributed by atoms with Crippen LogP contribution in [0.4, 0.5) is 0 Å². The summed E-state index contributed by atoms with van der Waals surface area (Å²) in [6.45, 7) is 10.0. The molecule has 90 valence electrons. The number of aliphatic imine (C=N–C) groups is 2. The Kier molecular flexibility index (Phi) is 22.8. The monoisotopic (exact) mass is 307 g/mol. The number of rotatable bonds is 1. The van der Waals surface area contributed by atoms with Gasteiger partial charge in [-0.25, -0.2) is 4.99 Å². The van der Waals surface area contributed by atoms with E-state index in [0.29, 0.717) is 5.84 Å². The Morgan fingerprint density at radius 3 is 2.06 bits per heavy atom. The molecule has 1 rings (SSSR count). The first-order valence-corrected chi connectivity index (χ1v) is 4.97. The molecule has 1 aromatic rings. The summed E-state index contributed by atoms with van der Waals surface area (Å²) in [5.41, 5.74) is 6.10. The van der Waals surface area contributed by atoms with Crippen LogP contribution in [0.1, 0.15) is 19.4 Å². The number of amidine groups is 1. The van der Waals surface area contributed by atoms with Gasteiger partial charge in [-0.15, -0.1) is 0 Å². The molecule has 3 nitrogen and oxygen atoms in total. The summed E-state index contributed by atoms with van der Waals surface area (Å²) in [5, 5.41) is 0. The maximum atomic E-state index is 5.16. The van der Waals surface area contributed by atoms with E-state index in [-0.39, 0.29) is 32.7 Å². The van der Waals surface area contributed by atoms with Crippen LogP contribution in [0, 0.1) is 19.9 Å². The van der Waals surface area contributed by atoms with Gasteiger partial charge in [0.2, 0.25) is 0 Å². The third-order valence-corrected chi connectivity index (χ3v) is 1.39. The van der Waals surface area contributed by atoms with Crippen molar-refractivity contribution >= 4 is 12.2 Å². The Labute approximate surface area is 131 Å². The first-order valence-electron chi connectivity index (χ1n) is 4.97. The van der Waals surface area contributed by atoms with Gasteiger partial charge in [0.05, 0.1) is 6.34 Å². The van der Waals surface area contributed by atoms with Gasteiger partial charge in [-0.3, -0.25) is 4.99 Å². The van der Waals surface area contributed by atoms with Crippen molar-refractivity contribution < 1.29 is 32.7 Å². The van der Waals surface area contributed by atoms with Crippen molar-refractivity contribution in [3.05, 3.63) is 49.7 Å². The van der Waals surface area contributed by atoms with Crippen LogP contribution < -0.4 is 5.73 Å². The molecule has 1 aromatic carbocycles. The molecule has 0 aliphatic rings. The van der Waals surface area contributed by atoms with Crippen molar-refractivity contribution in [3.8, 4) is 0 Å². The van der Waals surface area contributed by atoms with Crippen molar-refractivity contribution in [3.63, 3.8) is 0 Å². The topological polar surface area (TPSA) is 50.7 Å². The van der Waals surface area contributed by atoms with E-state index in [0.717, 1.165) is 5.56 Å². The van der Waals surface area contributed by atoms with Crippen molar-refractivity contribution in [2.75, 3.05) is 7.05 Å². The van der Waals surface area contributed by atoms with E-state index >= 15 is 0 Å². The van der Waals surface area contributed by atoms with Crippen molar-refractivity contribution in [1.29, 1.82) is 0 Å². The van der Waals surface area contributed by atoms with E-state index in [4.69, 9.17) is 5.73 Å². The van der Waals surface area contributed by atoms with E-state index in [2.05, 4.69) is 29.9 Å². The molecule has 0 amide bonds. The van der Waals surface area contributed by atoms with E-state index in [1.54, 1.807) is 20.9 Å². The minimum atomic E-state index is 0. The van der Waals surface area contributed by atoms with E-state index in [1.165, 1.54) is 6.34 Å². The molecule has 0 bridgehead atoms. The Bertz CT molecular complexity index is 295. The Morgan fingerprint density at radius 2 is 1.71 bits per heavy atom. The SMILES string of the molecule is CN=C(N=CN)c1cc[c-]cc1.[CH2-]C.[CH2-]C.[Y+3]. The second kappa shape index (κ2) is 17.8. The van der Waals surface area contributed by atoms with Crippen LogP contribution in [0.25, 0.3) is 0 Å². The van der Waals surface area contributed by atoms with Crippen LogP contribution >= 0.6 is 0 Å². The largest absolute Gasteiger partial charge is 3.00 e. The second-order valence-corrected chi connectivity index (χ2v) is 2.11. The molecule has 0 heterocycles. The third-order valence-electron chi connectivity index (χ3n) is 1.39. The fraction of sp³-hybridized carbons (Fsp3) is 0.231. The summed E-state index contributed by atoms with van der Waals surface area (Å²) in [7, 11) is 1.68. The first kappa shape index (κ1) is 21.7. The van der Waals surface area contributed by atoms with Gasteiger partial charge < -0.3 is 19.6 Å². The molecular weight excluding hydrogens is 287 g/mol. The van der Waals surface area contributed by atoms with Crippen LogP contribution in [0.3, 0.4) is 0 Å². The molecule has 0 radical (unpaired) electrons. The molecule has 0 spiro atoms. The second-order valence-electron chi connectivity index (χ2n) is 2.11. The van der Waals surface area contributed by atoms with Crippen LogP contribution in [-0.4, -0.2) is 19.2 Å². The van der Waals surface area contributed by atoms with E-state index in [1.807, 2.05) is 24.3 Å². The fourth-order valence-corrected chi connectivity index (χ4v) is 0.868. The number of nitrogens with zero attached hydrogens (tertiary/aromatic N) is 2. The van der Waals surface area contributed by atoms with Crippen LogP contribution in [-0.2, 0) is 32.7 Å². The van der Waals surface area contributed by atoms with Gasteiger partial charge in [0.15, 0.2) is 0 Å². The number of benzene rings is 1. The van der Waals surface area contributed by atoms with Gasteiger partial charge in [0.25, 0.3) is 0 Å². The normalized spacial score (nSPS) is 9.35. The summed E-state index contributed by atoms with van der Waals surface area (Å²) >= 11 is 0. The van der Waals surface area contributed by atoms with Gasteiger partial charge >= 0.3 is 32.7 Å². The minimum Gasteiger partial charge on any atom is -0.390 e. The van der Waals surface area contributed by atoms with Crippen LogP contribution in [0.5, 0.6) is 0 Å². The molecular formula is C13H20N3Y. The zero-order valence-electron chi connectivity index (χ0n) is 10.9. The van der Waals surface area contributed by atoms with Crippen molar-refractivity contribution in [1.82, 2.24) is 0 Å². The zero-order valence-corrected chi connectivity index (χ0v) is 13.7. The average molecular weight is 307 g/mol. The first-order chi connectivity index (χ1) is 7.88. The molecule has 0 saturated carbocycles. The summed E-state index contributed by atoms with van der Waals surface area (Å²) in [4.78, 5) is 7.87. The van der Waals surface area contributed by atoms with Gasteiger partial charge in [-0.2, -0.15) is 44.2 Å². The number of nitrogens with two attached hydrogens (primary N) is 1. The van der Waals surface area contributed by atoms with Crippen LogP contribution in [0.15, 0.2) is 34.3 Å². The molecule has 4 heteroatoms. The van der Waals surface area contributed by atoms with Crippen LogP contribution in [0.2, 0.25) is 0 Å². The molecule has 17 heavy (non-hydrogen) atoms. The van der Waals surface area contributed by atoms with E-state index in [9.17, 15) is 0 Å². The van der Waals surface area contributed by atoms with Crippen molar-refractivity contribution in [2.24, 2.45) is 15.7 Å². The number of hydrogen-bond acceptors (Lipinski definition) is 1. The molecule has 0 atom stereocenters. The van der Waals surface area contributed by atoms with Gasteiger partial charge in [0, 0.05) is 7.05 Å². The Balaban J connectivity index is -0.000000355. The predicted molar refractivity (Wildman–Crippen MR) is 72.5 cm³/mol. The molecule has 0 aliphatic carbocycles. The summed E-state index contributed by atoms with van der Waals surface area (Å²) < 4.78 is 0. The third kappa shape index (κ3) is 10.3. The molecule has 2 N–H and O–H groups in total. The summed E-state index contributed by atoms with van der Waals surface area (Å²) in [6.07, 6.45) is 1.24. The van der Waals surface area contributed by atoms with Crippen molar-refractivity contribution in [2.45, 2.75) is 13.8 Å². The Morgan fingerprint density at radius 1 is 1.24 bits per heavy atom. The van der Waals surface area contributed by atoms with E-state index < -0.39 is 0 Å². The number of hydrogen-bond donors (Lipinski definition) is 1. The zero-order chi connectivity index (χ0) is 12.8. The van der Waals surface area contributed by atoms with Gasteiger partial charge in [0.1, 0.15) is 5.84 Å². The smallest absolute Gasteiger partial charge is 0.390 e. The maximum Gasteiger partial charge on any atom is 3.00 e. The quantitative estimate of drug-likeness (QED) is 0.484. The Hall–Kier alpha value is -0.536. The molecule has 0 aromatic heterocycles. The minimum absolute atomic E-state index is 0. The van der Waals surface area contributed by atoms with Gasteiger partial charge in [-0.1, -0.05) is 5.56 Å². The van der Waals surface area contributed by atoms with Gasteiger partial charge in [-0.05, 0) is 0 Å². The molecule has 0 fully saturated rings. The molecule has 0 unspecified atom stereocenters. The molecule has 0 aliphatic heterocycles. The predicted octanol–water partition coefficient (Wildman–Crippen LogP) is 2.53. The summed E-state index contributed by atoms with van der Waals surface area (Å²) in [6, 6.07) is 10.3. The average Bonchev–Trinajstić information content (AvgIpc) is 2.41. The standard InChI is InChI=1S/C9H10N3.2C2H5.Y/c1-11-9(12-7-10)8-5-3-2-4-6-8;2*1-2;/h3-7H,1H3,(H2,10,11,12);2*1H2,2H3;/q3*-1;+3.